The van der Waals surface area contributed by atoms with Crippen molar-refractivity contribution >= 4 is 22.2 Å². The standard InChI is InChI=1S/C14H18BrNO2/c15-13-1-3-14(4-2-13)18-10-9-16-7-5-12(11-17)6-8-16/h1-4,11-12H,5-10H2. The van der Waals surface area contributed by atoms with Gasteiger partial charge in [0.2, 0.25) is 0 Å². The van der Waals surface area contributed by atoms with Gasteiger partial charge >= 0.3 is 0 Å². The summed E-state index contributed by atoms with van der Waals surface area (Å²) in [4.78, 5) is 13.0. The molecule has 0 unspecified atom stereocenters. The summed E-state index contributed by atoms with van der Waals surface area (Å²) in [6.07, 6.45) is 3.07. The quantitative estimate of drug-likeness (QED) is 0.783. The Morgan fingerprint density at radius 3 is 2.56 bits per heavy atom. The van der Waals surface area contributed by atoms with Crippen LogP contribution in [0.5, 0.6) is 5.75 Å². The van der Waals surface area contributed by atoms with Crippen LogP contribution in [0.15, 0.2) is 28.7 Å². The molecule has 18 heavy (non-hydrogen) atoms. The first-order valence-electron chi connectivity index (χ1n) is 6.34. The first kappa shape index (κ1) is 13.6. The van der Waals surface area contributed by atoms with E-state index in [-0.39, 0.29) is 5.92 Å². The lowest BCUT2D eigenvalue weighted by Crippen LogP contribution is -2.36. The number of rotatable bonds is 5. The van der Waals surface area contributed by atoms with Crippen LogP contribution in [0.2, 0.25) is 0 Å². The van der Waals surface area contributed by atoms with Crippen molar-refractivity contribution < 1.29 is 9.53 Å². The van der Waals surface area contributed by atoms with E-state index < -0.39 is 0 Å². The molecule has 1 heterocycles. The third-order valence-corrected chi connectivity index (χ3v) is 3.84. The molecule has 1 aromatic rings. The molecule has 0 saturated carbocycles. The first-order chi connectivity index (χ1) is 8.78. The molecule has 0 amide bonds. The molecule has 1 aliphatic heterocycles. The minimum atomic E-state index is 0.272. The van der Waals surface area contributed by atoms with Crippen LogP contribution < -0.4 is 4.74 Å². The third kappa shape index (κ3) is 4.10. The van der Waals surface area contributed by atoms with Gasteiger partial charge in [0.15, 0.2) is 0 Å². The van der Waals surface area contributed by atoms with Crippen LogP contribution in [0.1, 0.15) is 12.8 Å². The second-order valence-corrected chi connectivity index (χ2v) is 5.53. The molecule has 1 saturated heterocycles. The van der Waals surface area contributed by atoms with E-state index in [1.54, 1.807) is 0 Å². The maximum Gasteiger partial charge on any atom is 0.123 e. The van der Waals surface area contributed by atoms with E-state index in [9.17, 15) is 4.79 Å². The van der Waals surface area contributed by atoms with Gasteiger partial charge in [-0.3, -0.25) is 4.90 Å². The van der Waals surface area contributed by atoms with Crippen molar-refractivity contribution in [1.29, 1.82) is 0 Å². The highest BCUT2D eigenvalue weighted by Crippen LogP contribution is 2.17. The van der Waals surface area contributed by atoms with Gasteiger partial charge in [-0.25, -0.2) is 0 Å². The van der Waals surface area contributed by atoms with Crippen LogP contribution >= 0.6 is 15.9 Å². The topological polar surface area (TPSA) is 29.5 Å². The predicted molar refractivity (Wildman–Crippen MR) is 74.9 cm³/mol. The summed E-state index contributed by atoms with van der Waals surface area (Å²) in [5.41, 5.74) is 0. The molecule has 0 bridgehead atoms. The van der Waals surface area contributed by atoms with E-state index in [1.807, 2.05) is 24.3 Å². The van der Waals surface area contributed by atoms with Gasteiger partial charge in [0.1, 0.15) is 18.6 Å². The number of halogens is 1. The SMILES string of the molecule is O=CC1CCN(CCOc2ccc(Br)cc2)CC1. The van der Waals surface area contributed by atoms with Gasteiger partial charge in [-0.1, -0.05) is 15.9 Å². The molecule has 2 rings (SSSR count). The van der Waals surface area contributed by atoms with Crippen LogP contribution in [0.4, 0.5) is 0 Å². The van der Waals surface area contributed by atoms with Gasteiger partial charge in [0, 0.05) is 16.9 Å². The highest BCUT2D eigenvalue weighted by molar-refractivity contribution is 9.10. The second kappa shape index (κ2) is 6.90. The van der Waals surface area contributed by atoms with Crippen molar-refractivity contribution in [3.05, 3.63) is 28.7 Å². The number of ether oxygens (including phenoxy) is 1. The van der Waals surface area contributed by atoms with Gasteiger partial charge in [-0.15, -0.1) is 0 Å². The number of hydrogen-bond acceptors (Lipinski definition) is 3. The Hall–Kier alpha value is -0.870. The Kier molecular flexibility index (Phi) is 5.20. The first-order valence-corrected chi connectivity index (χ1v) is 7.13. The van der Waals surface area contributed by atoms with Crippen molar-refractivity contribution in [2.45, 2.75) is 12.8 Å². The molecule has 1 fully saturated rings. The zero-order chi connectivity index (χ0) is 12.8. The number of aldehydes is 1. The van der Waals surface area contributed by atoms with Crippen molar-refractivity contribution in [2.24, 2.45) is 5.92 Å². The fourth-order valence-electron chi connectivity index (χ4n) is 2.14. The lowest BCUT2D eigenvalue weighted by molar-refractivity contribution is -0.112. The minimum absolute atomic E-state index is 0.272. The van der Waals surface area contributed by atoms with Gasteiger partial charge < -0.3 is 9.53 Å². The van der Waals surface area contributed by atoms with Gasteiger partial charge in [0.05, 0.1) is 0 Å². The zero-order valence-corrected chi connectivity index (χ0v) is 11.9. The van der Waals surface area contributed by atoms with Crippen molar-refractivity contribution in [1.82, 2.24) is 4.90 Å². The van der Waals surface area contributed by atoms with Crippen LogP contribution in [-0.2, 0) is 4.79 Å². The zero-order valence-electron chi connectivity index (χ0n) is 10.3. The van der Waals surface area contributed by atoms with Crippen molar-refractivity contribution in [2.75, 3.05) is 26.2 Å². The number of likely N-dealkylation sites (tertiary alicyclic amines) is 1. The summed E-state index contributed by atoms with van der Waals surface area (Å²) in [5, 5.41) is 0. The number of hydrogen-bond donors (Lipinski definition) is 0. The molecule has 0 aliphatic carbocycles. The van der Waals surface area contributed by atoms with Crippen molar-refractivity contribution in [3.63, 3.8) is 0 Å². The summed E-state index contributed by atoms with van der Waals surface area (Å²) in [5.74, 6) is 1.18. The van der Waals surface area contributed by atoms with Crippen LogP contribution in [0, 0.1) is 5.92 Å². The molecule has 0 N–H and O–H groups in total. The molecule has 0 aromatic heterocycles. The molecule has 98 valence electrons. The minimum Gasteiger partial charge on any atom is -0.492 e. The summed E-state index contributed by atoms with van der Waals surface area (Å²) in [7, 11) is 0. The van der Waals surface area contributed by atoms with Crippen molar-refractivity contribution in [3.8, 4) is 5.75 Å². The molecule has 1 aliphatic rings. The normalized spacial score (nSPS) is 17.6. The Labute approximate surface area is 116 Å². The fraction of sp³-hybridized carbons (Fsp3) is 0.500. The van der Waals surface area contributed by atoms with Gasteiger partial charge in [0.25, 0.3) is 0 Å². The molecular weight excluding hydrogens is 294 g/mol. The molecule has 1 aromatic carbocycles. The van der Waals surface area contributed by atoms with E-state index in [4.69, 9.17) is 4.74 Å². The average Bonchev–Trinajstić information content (AvgIpc) is 2.42. The van der Waals surface area contributed by atoms with E-state index in [2.05, 4.69) is 20.8 Å². The molecule has 0 radical (unpaired) electrons. The maximum absolute atomic E-state index is 10.6. The highest BCUT2D eigenvalue weighted by Gasteiger charge is 2.17. The van der Waals surface area contributed by atoms with E-state index in [0.717, 1.165) is 49.0 Å². The average molecular weight is 312 g/mol. The summed E-state index contributed by atoms with van der Waals surface area (Å²) in [6.45, 7) is 3.65. The fourth-order valence-corrected chi connectivity index (χ4v) is 2.40. The van der Waals surface area contributed by atoms with Crippen LogP contribution in [-0.4, -0.2) is 37.4 Å². The lowest BCUT2D eigenvalue weighted by atomic mass is 9.99. The molecule has 0 atom stereocenters. The Bertz CT molecular complexity index is 372. The smallest absolute Gasteiger partial charge is 0.123 e. The molecule has 0 spiro atoms. The summed E-state index contributed by atoms with van der Waals surface area (Å²) >= 11 is 3.40. The maximum atomic E-state index is 10.6. The summed E-state index contributed by atoms with van der Waals surface area (Å²) < 4.78 is 6.75. The molecule has 3 nitrogen and oxygen atoms in total. The lowest BCUT2D eigenvalue weighted by Gasteiger charge is -2.29. The largest absolute Gasteiger partial charge is 0.492 e. The van der Waals surface area contributed by atoms with Crippen LogP contribution in [0.25, 0.3) is 0 Å². The number of carbonyl (C=O) groups excluding carboxylic acids is 1. The molecule has 4 heteroatoms. The monoisotopic (exact) mass is 311 g/mol. The van der Waals surface area contributed by atoms with E-state index in [1.165, 1.54) is 0 Å². The Morgan fingerprint density at radius 1 is 1.28 bits per heavy atom. The Balaban J connectivity index is 1.67. The van der Waals surface area contributed by atoms with E-state index >= 15 is 0 Å². The number of benzene rings is 1. The molecular formula is C14H18BrNO2. The highest BCUT2D eigenvalue weighted by atomic mass is 79.9. The second-order valence-electron chi connectivity index (χ2n) is 4.62. The van der Waals surface area contributed by atoms with Gasteiger partial charge in [-0.2, -0.15) is 0 Å². The van der Waals surface area contributed by atoms with Crippen LogP contribution in [0.3, 0.4) is 0 Å². The van der Waals surface area contributed by atoms with E-state index in [0.29, 0.717) is 6.61 Å². The number of piperidine rings is 1. The summed E-state index contributed by atoms with van der Waals surface area (Å²) in [6, 6.07) is 7.88. The Morgan fingerprint density at radius 2 is 1.94 bits per heavy atom. The number of nitrogens with zero attached hydrogens (tertiary/aromatic N) is 1. The third-order valence-electron chi connectivity index (χ3n) is 3.31. The number of carbonyl (C=O) groups is 1. The van der Waals surface area contributed by atoms with Gasteiger partial charge in [-0.05, 0) is 50.2 Å². The predicted octanol–water partition coefficient (Wildman–Crippen LogP) is 2.74.